The first-order chi connectivity index (χ1) is 7.60. The van der Waals surface area contributed by atoms with Gasteiger partial charge in [-0.3, -0.25) is 10.1 Å². The Morgan fingerprint density at radius 2 is 2.38 bits per heavy atom. The first-order valence-electron chi connectivity index (χ1n) is 4.22. The van der Waals surface area contributed by atoms with Crippen LogP contribution in [0.15, 0.2) is 24.8 Å². The molecule has 0 fully saturated rings. The molecule has 0 bridgehead atoms. The van der Waals surface area contributed by atoms with Crippen molar-refractivity contribution in [2.75, 3.05) is 6.61 Å². The Hall–Kier alpha value is -2.06. The third-order valence-corrected chi connectivity index (χ3v) is 2.08. The van der Waals surface area contributed by atoms with Crippen LogP contribution in [0, 0.1) is 21.4 Å². The molecular weight excluding hydrogens is 232 g/mol. The molecule has 0 heterocycles. The predicted molar refractivity (Wildman–Crippen MR) is 58.5 cm³/mol. The van der Waals surface area contributed by atoms with Crippen LogP contribution in [-0.4, -0.2) is 11.5 Å². The van der Waals surface area contributed by atoms with Crippen LogP contribution in [0.25, 0.3) is 0 Å². The molecule has 82 valence electrons. The lowest BCUT2D eigenvalue weighted by Crippen LogP contribution is -1.97. The minimum Gasteiger partial charge on any atom is -0.488 e. The third-order valence-electron chi connectivity index (χ3n) is 1.70. The maximum atomic E-state index is 10.7. The number of ether oxygens (including phenoxy) is 1. The summed E-state index contributed by atoms with van der Waals surface area (Å²) in [7, 11) is 0. The average molecular weight is 239 g/mol. The molecule has 1 aromatic carbocycles. The Bertz CT molecular complexity index is 480. The topological polar surface area (TPSA) is 76.2 Å². The minimum absolute atomic E-state index is 0.104. The Morgan fingerprint density at radius 3 is 2.88 bits per heavy atom. The minimum atomic E-state index is -0.663. The molecule has 0 aromatic heterocycles. The van der Waals surface area contributed by atoms with Crippen molar-refractivity contribution >= 4 is 17.3 Å². The van der Waals surface area contributed by atoms with Crippen LogP contribution in [0.5, 0.6) is 5.75 Å². The van der Waals surface area contributed by atoms with Crippen LogP contribution >= 0.6 is 11.6 Å². The number of halogens is 1. The zero-order valence-electron chi connectivity index (χ0n) is 8.14. The maximum absolute atomic E-state index is 10.7. The molecule has 0 unspecified atom stereocenters. The van der Waals surface area contributed by atoms with Gasteiger partial charge in [0.2, 0.25) is 0 Å². The predicted octanol–water partition coefficient (Wildman–Crippen LogP) is 2.68. The van der Waals surface area contributed by atoms with E-state index in [0.717, 1.165) is 6.07 Å². The van der Waals surface area contributed by atoms with Crippen molar-refractivity contribution in [3.63, 3.8) is 0 Å². The Morgan fingerprint density at radius 1 is 1.69 bits per heavy atom. The van der Waals surface area contributed by atoms with Gasteiger partial charge >= 0.3 is 0 Å². The number of nitro benzene ring substituents is 1. The van der Waals surface area contributed by atoms with E-state index in [1.54, 1.807) is 6.07 Å². The largest absolute Gasteiger partial charge is 0.488 e. The van der Waals surface area contributed by atoms with Crippen LogP contribution in [-0.2, 0) is 0 Å². The second kappa shape index (κ2) is 5.14. The molecule has 1 aromatic rings. The number of rotatable bonds is 4. The molecule has 1 rings (SSSR count). The quantitative estimate of drug-likeness (QED) is 0.459. The number of nitro groups is 1. The lowest BCUT2D eigenvalue weighted by Gasteiger charge is -2.06. The van der Waals surface area contributed by atoms with Gasteiger partial charge in [0.15, 0.2) is 5.02 Å². The summed E-state index contributed by atoms with van der Waals surface area (Å²) >= 11 is 5.76. The van der Waals surface area contributed by atoms with Gasteiger partial charge in [-0.25, -0.2) is 0 Å². The van der Waals surface area contributed by atoms with Crippen molar-refractivity contribution in [1.29, 1.82) is 5.26 Å². The van der Waals surface area contributed by atoms with E-state index in [-0.39, 0.29) is 28.6 Å². The third kappa shape index (κ3) is 2.49. The average Bonchev–Trinajstić information content (AvgIpc) is 2.27. The molecule has 0 N–H and O–H groups in total. The van der Waals surface area contributed by atoms with Crippen LogP contribution in [0.1, 0.15) is 5.56 Å². The van der Waals surface area contributed by atoms with Gasteiger partial charge in [0.25, 0.3) is 5.69 Å². The highest BCUT2D eigenvalue weighted by Crippen LogP contribution is 2.35. The highest BCUT2D eigenvalue weighted by Gasteiger charge is 2.18. The number of hydrogen-bond donors (Lipinski definition) is 0. The second-order valence-electron chi connectivity index (χ2n) is 2.78. The molecule has 0 spiro atoms. The van der Waals surface area contributed by atoms with Gasteiger partial charge in [-0.05, 0) is 6.07 Å². The van der Waals surface area contributed by atoms with E-state index in [1.165, 1.54) is 12.1 Å². The number of benzene rings is 1. The zero-order valence-corrected chi connectivity index (χ0v) is 8.90. The van der Waals surface area contributed by atoms with Gasteiger partial charge in [0, 0.05) is 6.07 Å². The molecule has 0 aliphatic rings. The van der Waals surface area contributed by atoms with Gasteiger partial charge in [-0.15, -0.1) is 0 Å². The van der Waals surface area contributed by atoms with Crippen molar-refractivity contribution in [1.82, 2.24) is 0 Å². The van der Waals surface area contributed by atoms with Gasteiger partial charge in [0.05, 0.1) is 16.6 Å². The SMILES string of the molecule is C=CCOc1cc(C#N)cc([N+](=O)[O-])c1Cl. The molecule has 0 aliphatic carbocycles. The van der Waals surface area contributed by atoms with Gasteiger partial charge < -0.3 is 4.74 Å². The van der Waals surface area contributed by atoms with E-state index in [9.17, 15) is 10.1 Å². The summed E-state index contributed by atoms with van der Waals surface area (Å²) in [6.45, 7) is 3.60. The van der Waals surface area contributed by atoms with E-state index in [0.29, 0.717) is 0 Å². The lowest BCUT2D eigenvalue weighted by atomic mass is 10.2. The van der Waals surface area contributed by atoms with E-state index in [2.05, 4.69) is 6.58 Å². The van der Waals surface area contributed by atoms with Gasteiger partial charge in [-0.2, -0.15) is 5.26 Å². The highest BCUT2D eigenvalue weighted by molar-refractivity contribution is 6.34. The molecule has 0 atom stereocenters. The fourth-order valence-electron chi connectivity index (χ4n) is 1.03. The fourth-order valence-corrected chi connectivity index (χ4v) is 1.27. The Balaban J connectivity index is 3.26. The normalized spacial score (nSPS) is 9.25. The molecule has 0 saturated heterocycles. The summed E-state index contributed by atoms with van der Waals surface area (Å²) in [6, 6.07) is 4.24. The molecule has 0 saturated carbocycles. The van der Waals surface area contributed by atoms with Gasteiger partial charge in [0.1, 0.15) is 12.4 Å². The van der Waals surface area contributed by atoms with E-state index in [4.69, 9.17) is 21.6 Å². The summed E-state index contributed by atoms with van der Waals surface area (Å²) in [5.74, 6) is 0.104. The number of hydrogen-bond acceptors (Lipinski definition) is 4. The first kappa shape index (κ1) is 12.0. The smallest absolute Gasteiger partial charge is 0.293 e. The van der Waals surface area contributed by atoms with Crippen LogP contribution in [0.3, 0.4) is 0 Å². The van der Waals surface area contributed by atoms with Crippen molar-refractivity contribution in [3.8, 4) is 11.8 Å². The Kier molecular flexibility index (Phi) is 3.86. The number of nitrogens with zero attached hydrogens (tertiary/aromatic N) is 2. The lowest BCUT2D eigenvalue weighted by molar-refractivity contribution is -0.384. The van der Waals surface area contributed by atoms with E-state index in [1.807, 2.05) is 0 Å². The van der Waals surface area contributed by atoms with E-state index < -0.39 is 4.92 Å². The zero-order chi connectivity index (χ0) is 12.1. The monoisotopic (exact) mass is 238 g/mol. The molecular formula is C10H7ClN2O3. The fraction of sp³-hybridized carbons (Fsp3) is 0.100. The molecule has 0 radical (unpaired) electrons. The molecule has 0 amide bonds. The van der Waals surface area contributed by atoms with Crippen molar-refractivity contribution < 1.29 is 9.66 Å². The van der Waals surface area contributed by atoms with Crippen molar-refractivity contribution in [2.24, 2.45) is 0 Å². The summed E-state index contributed by atoms with van der Waals surface area (Å²) in [4.78, 5) is 9.99. The van der Waals surface area contributed by atoms with Gasteiger partial charge in [-0.1, -0.05) is 24.3 Å². The van der Waals surface area contributed by atoms with Crippen LogP contribution in [0.2, 0.25) is 5.02 Å². The van der Waals surface area contributed by atoms with Crippen LogP contribution in [0.4, 0.5) is 5.69 Å². The highest BCUT2D eigenvalue weighted by atomic mass is 35.5. The summed E-state index contributed by atoms with van der Waals surface area (Å²) in [6.07, 6.45) is 1.47. The van der Waals surface area contributed by atoms with Crippen molar-refractivity contribution in [2.45, 2.75) is 0 Å². The number of nitriles is 1. The first-order valence-corrected chi connectivity index (χ1v) is 4.59. The van der Waals surface area contributed by atoms with Crippen LogP contribution < -0.4 is 4.74 Å². The molecule has 6 heteroatoms. The molecule has 0 aliphatic heterocycles. The molecule has 5 nitrogen and oxygen atoms in total. The maximum Gasteiger partial charge on any atom is 0.293 e. The second-order valence-corrected chi connectivity index (χ2v) is 3.15. The standard InChI is InChI=1S/C10H7ClN2O3/c1-2-3-16-9-5-7(6-12)4-8(10(9)11)13(14)15/h2,4-5H,1,3H2. The summed E-state index contributed by atoms with van der Waals surface area (Å²) in [5.41, 5.74) is -0.227. The summed E-state index contributed by atoms with van der Waals surface area (Å²) < 4.78 is 5.11. The Labute approximate surface area is 96.7 Å². The molecule has 16 heavy (non-hydrogen) atoms. The van der Waals surface area contributed by atoms with E-state index >= 15 is 0 Å². The summed E-state index contributed by atoms with van der Waals surface area (Å²) in [5, 5.41) is 19.2. The van der Waals surface area contributed by atoms with Crippen molar-refractivity contribution in [3.05, 3.63) is 45.5 Å².